The van der Waals surface area contributed by atoms with Gasteiger partial charge in [-0.05, 0) is 24.1 Å². The molecule has 5 heteroatoms. The van der Waals surface area contributed by atoms with E-state index in [9.17, 15) is 0 Å². The van der Waals surface area contributed by atoms with Crippen molar-refractivity contribution in [3.8, 4) is 0 Å². The molecule has 1 saturated heterocycles. The van der Waals surface area contributed by atoms with Crippen LogP contribution in [0.4, 0.5) is 5.69 Å². The minimum atomic E-state index is 0.642. The SMILES string of the molecule is Cc1ccc(CN=C(N)N2CCSCC2)c(N(C)C)c1. The molecule has 1 aromatic carbocycles. The topological polar surface area (TPSA) is 44.9 Å². The van der Waals surface area contributed by atoms with Crippen LogP contribution in [0.3, 0.4) is 0 Å². The maximum atomic E-state index is 6.11. The van der Waals surface area contributed by atoms with Gasteiger partial charge in [-0.15, -0.1) is 0 Å². The number of benzene rings is 1. The Morgan fingerprint density at radius 2 is 2.05 bits per heavy atom. The second kappa shape index (κ2) is 6.88. The van der Waals surface area contributed by atoms with E-state index >= 15 is 0 Å². The summed E-state index contributed by atoms with van der Waals surface area (Å²) >= 11 is 1.98. The molecule has 0 aromatic heterocycles. The van der Waals surface area contributed by atoms with E-state index in [0.29, 0.717) is 12.5 Å². The molecular formula is C15H24N4S. The van der Waals surface area contributed by atoms with Crippen molar-refractivity contribution >= 4 is 23.4 Å². The predicted molar refractivity (Wildman–Crippen MR) is 89.7 cm³/mol. The summed E-state index contributed by atoms with van der Waals surface area (Å²) in [7, 11) is 4.13. The molecule has 1 heterocycles. The van der Waals surface area contributed by atoms with Crippen LogP contribution in [-0.2, 0) is 6.54 Å². The van der Waals surface area contributed by atoms with Gasteiger partial charge >= 0.3 is 0 Å². The fourth-order valence-electron chi connectivity index (χ4n) is 2.28. The third kappa shape index (κ3) is 3.82. The van der Waals surface area contributed by atoms with Gasteiger partial charge in [0.2, 0.25) is 0 Å². The Kier molecular flexibility index (Phi) is 5.17. The van der Waals surface area contributed by atoms with Crippen molar-refractivity contribution in [2.24, 2.45) is 10.7 Å². The average Bonchev–Trinajstić information content (AvgIpc) is 2.46. The molecule has 0 aliphatic carbocycles. The number of nitrogens with two attached hydrogens (primary N) is 1. The van der Waals surface area contributed by atoms with Crippen molar-refractivity contribution < 1.29 is 0 Å². The zero-order valence-electron chi connectivity index (χ0n) is 12.6. The van der Waals surface area contributed by atoms with Gasteiger partial charge in [0.15, 0.2) is 5.96 Å². The van der Waals surface area contributed by atoms with Gasteiger partial charge in [0, 0.05) is 44.4 Å². The Morgan fingerprint density at radius 1 is 1.35 bits per heavy atom. The molecule has 0 amide bonds. The second-order valence-corrected chi connectivity index (χ2v) is 6.53. The summed E-state index contributed by atoms with van der Waals surface area (Å²) in [5.41, 5.74) is 9.81. The Balaban J connectivity index is 2.09. The minimum Gasteiger partial charge on any atom is -0.377 e. The maximum Gasteiger partial charge on any atom is 0.191 e. The summed E-state index contributed by atoms with van der Waals surface area (Å²) in [6, 6.07) is 6.47. The highest BCUT2D eigenvalue weighted by Gasteiger charge is 2.12. The van der Waals surface area contributed by atoms with Gasteiger partial charge in [0.25, 0.3) is 0 Å². The number of aliphatic imine (C=N–C) groups is 1. The van der Waals surface area contributed by atoms with E-state index in [4.69, 9.17) is 5.73 Å². The standard InChI is InChI=1S/C15H24N4S/c1-12-4-5-13(14(10-12)18(2)3)11-17-15(16)19-6-8-20-9-7-19/h4-5,10H,6-9,11H2,1-3H3,(H2,16,17). The molecule has 1 aliphatic heterocycles. The number of aryl methyl sites for hydroxylation is 1. The lowest BCUT2D eigenvalue weighted by Crippen LogP contribution is -2.42. The van der Waals surface area contributed by atoms with Crippen LogP contribution >= 0.6 is 11.8 Å². The fraction of sp³-hybridized carbons (Fsp3) is 0.533. The quantitative estimate of drug-likeness (QED) is 0.683. The number of nitrogens with zero attached hydrogens (tertiary/aromatic N) is 3. The molecule has 0 spiro atoms. The number of hydrogen-bond acceptors (Lipinski definition) is 3. The van der Waals surface area contributed by atoms with E-state index in [1.807, 2.05) is 11.8 Å². The molecule has 1 aliphatic rings. The molecule has 4 nitrogen and oxygen atoms in total. The molecule has 110 valence electrons. The normalized spacial score (nSPS) is 16.4. The number of guanidine groups is 1. The third-order valence-corrected chi connectivity index (χ3v) is 4.41. The van der Waals surface area contributed by atoms with Crippen molar-refractivity contribution in [2.75, 3.05) is 43.6 Å². The van der Waals surface area contributed by atoms with E-state index in [0.717, 1.165) is 24.6 Å². The number of hydrogen-bond donors (Lipinski definition) is 1. The maximum absolute atomic E-state index is 6.11. The Morgan fingerprint density at radius 3 is 2.70 bits per heavy atom. The monoisotopic (exact) mass is 292 g/mol. The molecule has 2 N–H and O–H groups in total. The van der Waals surface area contributed by atoms with Gasteiger partial charge in [-0.1, -0.05) is 12.1 Å². The fourth-order valence-corrected chi connectivity index (χ4v) is 3.19. The molecule has 1 aromatic rings. The Bertz CT molecular complexity index is 479. The average molecular weight is 292 g/mol. The van der Waals surface area contributed by atoms with Crippen LogP contribution in [0.2, 0.25) is 0 Å². The Labute approximate surface area is 126 Å². The molecular weight excluding hydrogens is 268 g/mol. The number of thioether (sulfide) groups is 1. The second-order valence-electron chi connectivity index (χ2n) is 5.30. The summed E-state index contributed by atoms with van der Waals surface area (Å²) in [5, 5.41) is 0. The van der Waals surface area contributed by atoms with Crippen molar-refractivity contribution in [3.05, 3.63) is 29.3 Å². The molecule has 2 rings (SSSR count). The van der Waals surface area contributed by atoms with Crippen LogP contribution in [0.25, 0.3) is 0 Å². The molecule has 0 radical (unpaired) electrons. The van der Waals surface area contributed by atoms with Crippen LogP contribution in [0.5, 0.6) is 0 Å². The van der Waals surface area contributed by atoms with E-state index < -0.39 is 0 Å². The first-order valence-corrected chi connectivity index (χ1v) is 8.13. The van der Waals surface area contributed by atoms with Crippen LogP contribution < -0.4 is 10.6 Å². The van der Waals surface area contributed by atoms with E-state index in [-0.39, 0.29) is 0 Å². The highest BCUT2D eigenvalue weighted by Crippen LogP contribution is 2.21. The highest BCUT2D eigenvalue weighted by molar-refractivity contribution is 7.99. The first-order valence-electron chi connectivity index (χ1n) is 6.97. The predicted octanol–water partition coefficient (Wildman–Crippen LogP) is 1.92. The summed E-state index contributed by atoms with van der Waals surface area (Å²) in [6.07, 6.45) is 0. The van der Waals surface area contributed by atoms with Gasteiger partial charge in [0.1, 0.15) is 0 Å². The van der Waals surface area contributed by atoms with E-state index in [1.165, 1.54) is 16.8 Å². The first-order chi connectivity index (χ1) is 9.58. The van der Waals surface area contributed by atoms with Crippen molar-refractivity contribution in [1.82, 2.24) is 4.90 Å². The van der Waals surface area contributed by atoms with Gasteiger partial charge in [-0.2, -0.15) is 11.8 Å². The van der Waals surface area contributed by atoms with Gasteiger partial charge < -0.3 is 15.5 Å². The number of anilines is 1. The van der Waals surface area contributed by atoms with Gasteiger partial charge in [-0.25, -0.2) is 4.99 Å². The largest absolute Gasteiger partial charge is 0.377 e. The van der Waals surface area contributed by atoms with Crippen molar-refractivity contribution in [3.63, 3.8) is 0 Å². The first kappa shape index (κ1) is 15.0. The zero-order valence-corrected chi connectivity index (χ0v) is 13.4. The molecule has 20 heavy (non-hydrogen) atoms. The van der Waals surface area contributed by atoms with Crippen LogP contribution in [0.15, 0.2) is 23.2 Å². The van der Waals surface area contributed by atoms with Crippen LogP contribution in [-0.4, -0.2) is 49.6 Å². The summed E-state index contributed by atoms with van der Waals surface area (Å²) in [4.78, 5) is 8.89. The lowest BCUT2D eigenvalue weighted by Gasteiger charge is -2.27. The minimum absolute atomic E-state index is 0.642. The summed E-state index contributed by atoms with van der Waals surface area (Å²) < 4.78 is 0. The molecule has 1 fully saturated rings. The molecule has 0 atom stereocenters. The molecule has 0 bridgehead atoms. The smallest absolute Gasteiger partial charge is 0.191 e. The van der Waals surface area contributed by atoms with Gasteiger partial charge in [-0.3, -0.25) is 0 Å². The van der Waals surface area contributed by atoms with E-state index in [2.05, 4.69) is 54.0 Å². The molecule has 0 saturated carbocycles. The lowest BCUT2D eigenvalue weighted by molar-refractivity contribution is 0.455. The highest BCUT2D eigenvalue weighted by atomic mass is 32.2. The van der Waals surface area contributed by atoms with Gasteiger partial charge in [0.05, 0.1) is 6.54 Å². The Hall–Kier alpha value is -1.36. The molecule has 0 unspecified atom stereocenters. The van der Waals surface area contributed by atoms with Crippen LogP contribution in [0.1, 0.15) is 11.1 Å². The zero-order chi connectivity index (χ0) is 14.5. The summed E-state index contributed by atoms with van der Waals surface area (Å²) in [5.74, 6) is 2.96. The third-order valence-electron chi connectivity index (χ3n) is 3.47. The number of rotatable bonds is 3. The summed E-state index contributed by atoms with van der Waals surface area (Å²) in [6.45, 7) is 4.77. The van der Waals surface area contributed by atoms with E-state index in [1.54, 1.807) is 0 Å². The van der Waals surface area contributed by atoms with Crippen molar-refractivity contribution in [2.45, 2.75) is 13.5 Å². The van der Waals surface area contributed by atoms with Crippen LogP contribution in [0, 0.1) is 6.92 Å². The van der Waals surface area contributed by atoms with Crippen molar-refractivity contribution in [1.29, 1.82) is 0 Å². The lowest BCUT2D eigenvalue weighted by atomic mass is 10.1.